The number of ether oxygens (including phenoxy) is 1. The molecule has 1 aromatic carbocycles. The van der Waals surface area contributed by atoms with Crippen molar-refractivity contribution in [3.8, 4) is 5.75 Å². The molecule has 2 rings (SSSR count). The highest BCUT2D eigenvalue weighted by Gasteiger charge is 2.19. The summed E-state index contributed by atoms with van der Waals surface area (Å²) in [6.07, 6.45) is 1.67. The summed E-state index contributed by atoms with van der Waals surface area (Å²) in [7, 11) is 0. The highest BCUT2D eigenvalue weighted by Crippen LogP contribution is 2.24. The molecule has 4 nitrogen and oxygen atoms in total. The Bertz CT molecular complexity index is 590. The summed E-state index contributed by atoms with van der Waals surface area (Å²) in [5, 5.41) is 3.31. The number of carbonyl (C=O) groups excluding carboxylic acids is 1. The summed E-state index contributed by atoms with van der Waals surface area (Å²) in [5.74, 6) is 0.335. The zero-order valence-electron chi connectivity index (χ0n) is 11.8. The minimum absolute atomic E-state index is 0.178. The molecule has 0 spiro atoms. The van der Waals surface area contributed by atoms with Crippen LogP contribution >= 0.6 is 11.6 Å². The molecule has 1 N–H and O–H groups in total. The molecule has 0 aliphatic carbocycles. The van der Waals surface area contributed by atoms with Gasteiger partial charge >= 0.3 is 0 Å². The lowest BCUT2D eigenvalue weighted by atomic mass is 10.2. The number of pyridine rings is 1. The molecule has 0 bridgehead atoms. The lowest BCUT2D eigenvalue weighted by Gasteiger charge is -2.17. The average molecular weight is 305 g/mol. The molecule has 5 heteroatoms. The molecule has 0 saturated carbocycles. The van der Waals surface area contributed by atoms with Gasteiger partial charge in [0, 0.05) is 6.20 Å². The fourth-order valence-corrected chi connectivity index (χ4v) is 1.99. The monoisotopic (exact) mass is 304 g/mol. The Morgan fingerprint density at radius 2 is 2.05 bits per heavy atom. The van der Waals surface area contributed by atoms with E-state index in [2.05, 4.69) is 10.3 Å². The second-order valence-corrected chi connectivity index (χ2v) is 4.89. The molecule has 1 aromatic heterocycles. The van der Waals surface area contributed by atoms with Gasteiger partial charge in [0.25, 0.3) is 5.91 Å². The second kappa shape index (κ2) is 7.64. The van der Waals surface area contributed by atoms with Crippen LogP contribution in [-0.2, 0) is 11.3 Å². The first-order valence-electron chi connectivity index (χ1n) is 6.79. The van der Waals surface area contributed by atoms with E-state index in [4.69, 9.17) is 16.3 Å². The number of carbonyl (C=O) groups is 1. The first-order valence-corrected chi connectivity index (χ1v) is 7.17. The lowest BCUT2D eigenvalue weighted by Crippen LogP contribution is -2.37. The van der Waals surface area contributed by atoms with Crippen molar-refractivity contribution >= 4 is 17.5 Å². The zero-order valence-corrected chi connectivity index (χ0v) is 12.5. The van der Waals surface area contributed by atoms with Crippen molar-refractivity contribution in [3.63, 3.8) is 0 Å². The van der Waals surface area contributed by atoms with E-state index in [1.165, 1.54) is 0 Å². The number of rotatable bonds is 6. The minimum atomic E-state index is -0.575. The van der Waals surface area contributed by atoms with Gasteiger partial charge in [0.15, 0.2) is 6.10 Å². The van der Waals surface area contributed by atoms with Crippen LogP contribution in [0, 0.1) is 0 Å². The number of nitrogens with zero attached hydrogens (tertiary/aromatic N) is 1. The summed E-state index contributed by atoms with van der Waals surface area (Å²) < 4.78 is 5.68. The summed E-state index contributed by atoms with van der Waals surface area (Å²) in [4.78, 5) is 16.3. The molecule has 0 radical (unpaired) electrons. The maximum absolute atomic E-state index is 12.2. The van der Waals surface area contributed by atoms with Gasteiger partial charge in [-0.2, -0.15) is 0 Å². The van der Waals surface area contributed by atoms with E-state index in [9.17, 15) is 4.79 Å². The molecule has 0 fully saturated rings. The predicted octanol–water partition coefficient (Wildman–Crippen LogP) is 3.21. The number of halogens is 1. The van der Waals surface area contributed by atoms with E-state index < -0.39 is 6.10 Å². The average Bonchev–Trinajstić information content (AvgIpc) is 2.53. The van der Waals surface area contributed by atoms with Gasteiger partial charge in [0.05, 0.1) is 17.3 Å². The third kappa shape index (κ3) is 4.46. The zero-order chi connectivity index (χ0) is 15.1. The Balaban J connectivity index is 1.94. The molecule has 110 valence electrons. The third-order valence-electron chi connectivity index (χ3n) is 2.94. The standard InChI is InChI=1S/C16H17ClN2O2/c1-2-14(21-15-9-4-3-8-13(15)17)16(20)19-11-12-7-5-6-10-18-12/h3-10,14H,2,11H2,1H3,(H,19,20)/t14-/m0/s1. The van der Waals surface area contributed by atoms with Gasteiger partial charge in [-0.25, -0.2) is 0 Å². The number of hydrogen-bond acceptors (Lipinski definition) is 3. The SMILES string of the molecule is CC[C@H](Oc1ccccc1Cl)C(=O)NCc1ccccn1. The normalized spacial score (nSPS) is 11.7. The summed E-state index contributed by atoms with van der Waals surface area (Å²) in [6, 6.07) is 12.7. The van der Waals surface area contributed by atoms with Gasteiger partial charge in [-0.1, -0.05) is 36.7 Å². The van der Waals surface area contributed by atoms with Crippen molar-refractivity contribution in [2.24, 2.45) is 0 Å². The first kappa shape index (κ1) is 15.3. The molecule has 21 heavy (non-hydrogen) atoms. The van der Waals surface area contributed by atoms with Crippen molar-refractivity contribution < 1.29 is 9.53 Å². The van der Waals surface area contributed by atoms with Crippen LogP contribution < -0.4 is 10.1 Å². The van der Waals surface area contributed by atoms with Crippen LogP contribution in [0.1, 0.15) is 19.0 Å². The molecule has 1 atom stereocenters. The van der Waals surface area contributed by atoms with E-state index >= 15 is 0 Å². The van der Waals surface area contributed by atoms with Gasteiger partial charge in [-0.05, 0) is 30.7 Å². The number of hydrogen-bond donors (Lipinski definition) is 1. The fourth-order valence-electron chi connectivity index (χ4n) is 1.81. The number of para-hydroxylation sites is 1. The quantitative estimate of drug-likeness (QED) is 0.891. The van der Waals surface area contributed by atoms with Crippen LogP contribution in [0.15, 0.2) is 48.7 Å². The number of amides is 1. The van der Waals surface area contributed by atoms with Crippen LogP contribution in [0.25, 0.3) is 0 Å². The van der Waals surface area contributed by atoms with Crippen LogP contribution in [0.4, 0.5) is 0 Å². The summed E-state index contributed by atoms with van der Waals surface area (Å²) >= 11 is 6.04. The molecule has 0 unspecified atom stereocenters. The Hall–Kier alpha value is -2.07. The first-order chi connectivity index (χ1) is 10.2. The molecular weight excluding hydrogens is 288 g/mol. The minimum Gasteiger partial charge on any atom is -0.479 e. The summed E-state index contributed by atoms with van der Waals surface area (Å²) in [5.41, 5.74) is 0.804. The van der Waals surface area contributed by atoms with E-state index in [1.807, 2.05) is 37.3 Å². The fraction of sp³-hybridized carbons (Fsp3) is 0.250. The van der Waals surface area contributed by atoms with Gasteiger partial charge in [0.1, 0.15) is 5.75 Å². The van der Waals surface area contributed by atoms with Crippen molar-refractivity contribution in [3.05, 3.63) is 59.4 Å². The molecule has 0 saturated heterocycles. The summed E-state index contributed by atoms with van der Waals surface area (Å²) in [6.45, 7) is 2.27. The molecule has 0 aliphatic rings. The number of benzene rings is 1. The Morgan fingerprint density at radius 3 is 2.71 bits per heavy atom. The van der Waals surface area contributed by atoms with E-state index in [-0.39, 0.29) is 5.91 Å². The number of nitrogens with one attached hydrogen (secondary N) is 1. The Morgan fingerprint density at radius 1 is 1.29 bits per heavy atom. The van der Waals surface area contributed by atoms with Crippen molar-refractivity contribution in [2.75, 3.05) is 0 Å². The van der Waals surface area contributed by atoms with Crippen molar-refractivity contribution in [1.29, 1.82) is 0 Å². The van der Waals surface area contributed by atoms with Gasteiger partial charge in [-0.3, -0.25) is 9.78 Å². The van der Waals surface area contributed by atoms with E-state index in [0.29, 0.717) is 23.7 Å². The Kier molecular flexibility index (Phi) is 5.58. The molecule has 0 aliphatic heterocycles. The van der Waals surface area contributed by atoms with Crippen molar-refractivity contribution in [2.45, 2.75) is 26.0 Å². The van der Waals surface area contributed by atoms with Crippen LogP contribution in [0.3, 0.4) is 0 Å². The topological polar surface area (TPSA) is 51.2 Å². The third-order valence-corrected chi connectivity index (χ3v) is 3.25. The smallest absolute Gasteiger partial charge is 0.261 e. The van der Waals surface area contributed by atoms with Crippen molar-refractivity contribution in [1.82, 2.24) is 10.3 Å². The van der Waals surface area contributed by atoms with Gasteiger partial charge in [0.2, 0.25) is 0 Å². The molecule has 1 amide bonds. The van der Waals surface area contributed by atoms with E-state index in [0.717, 1.165) is 5.69 Å². The van der Waals surface area contributed by atoms with Gasteiger partial charge < -0.3 is 10.1 Å². The largest absolute Gasteiger partial charge is 0.479 e. The molecule has 2 aromatic rings. The maximum Gasteiger partial charge on any atom is 0.261 e. The second-order valence-electron chi connectivity index (χ2n) is 4.48. The predicted molar refractivity (Wildman–Crippen MR) is 82.2 cm³/mol. The van der Waals surface area contributed by atoms with Gasteiger partial charge in [-0.15, -0.1) is 0 Å². The van der Waals surface area contributed by atoms with Crippen LogP contribution in [-0.4, -0.2) is 17.0 Å². The molecule has 1 heterocycles. The Labute approximate surface area is 129 Å². The highest BCUT2D eigenvalue weighted by molar-refractivity contribution is 6.32. The maximum atomic E-state index is 12.2. The number of aromatic nitrogens is 1. The lowest BCUT2D eigenvalue weighted by molar-refractivity contribution is -0.128. The molecular formula is C16H17ClN2O2. The van der Waals surface area contributed by atoms with Crippen LogP contribution in [0.5, 0.6) is 5.75 Å². The highest BCUT2D eigenvalue weighted by atomic mass is 35.5. The van der Waals surface area contributed by atoms with Crippen LogP contribution in [0.2, 0.25) is 5.02 Å². The van der Waals surface area contributed by atoms with E-state index in [1.54, 1.807) is 18.3 Å².